The molecule has 0 amide bonds. The van der Waals surface area contributed by atoms with E-state index in [0.717, 1.165) is 0 Å². The second-order valence-corrected chi connectivity index (χ2v) is 6.80. The number of nitrogens with one attached hydrogen (secondary N) is 1. The van der Waals surface area contributed by atoms with Gasteiger partial charge in [-0.1, -0.05) is 12.2 Å². The molecule has 5 nitrogen and oxygen atoms in total. The zero-order chi connectivity index (χ0) is 15.5. The Balaban J connectivity index is 2.36. The summed E-state index contributed by atoms with van der Waals surface area (Å²) in [5, 5.41) is 3.18. The zero-order valence-electron chi connectivity index (χ0n) is 12.1. The number of benzene rings is 1. The van der Waals surface area contributed by atoms with Gasteiger partial charge >= 0.3 is 0 Å². The summed E-state index contributed by atoms with van der Waals surface area (Å²) in [7, 11) is -3.58. The maximum Gasteiger partial charge on any atom is 0.243 e. The van der Waals surface area contributed by atoms with Crippen LogP contribution in [0.15, 0.2) is 48.4 Å². The molecule has 1 aromatic rings. The Kier molecular flexibility index (Phi) is 4.69. The molecule has 1 aromatic carbocycles. The van der Waals surface area contributed by atoms with E-state index in [4.69, 9.17) is 4.74 Å². The molecular weight excluding hydrogens is 288 g/mol. The van der Waals surface area contributed by atoms with Gasteiger partial charge in [0.1, 0.15) is 11.9 Å². The molecule has 6 heteroatoms. The van der Waals surface area contributed by atoms with E-state index >= 15 is 0 Å². The largest absolute Gasteiger partial charge is 0.487 e. The summed E-state index contributed by atoms with van der Waals surface area (Å²) in [5.74, 6) is 0.673. The Morgan fingerprint density at radius 3 is 2.67 bits per heavy atom. The first-order valence-electron chi connectivity index (χ1n) is 6.75. The third-order valence-electron chi connectivity index (χ3n) is 3.16. The third kappa shape index (κ3) is 3.28. The maximum atomic E-state index is 12.6. The average Bonchev–Trinajstić information content (AvgIpc) is 2.46. The van der Waals surface area contributed by atoms with Gasteiger partial charge in [-0.2, -0.15) is 4.31 Å². The topological polar surface area (TPSA) is 58.6 Å². The minimum Gasteiger partial charge on any atom is -0.487 e. The van der Waals surface area contributed by atoms with Crippen molar-refractivity contribution >= 4 is 15.7 Å². The summed E-state index contributed by atoms with van der Waals surface area (Å²) in [6, 6.07) is 4.85. The quantitative estimate of drug-likeness (QED) is 0.819. The van der Waals surface area contributed by atoms with E-state index in [0.29, 0.717) is 18.0 Å². The minimum absolute atomic E-state index is 0.0676. The molecule has 0 bridgehead atoms. The number of ether oxygens (including phenoxy) is 1. The minimum atomic E-state index is -3.58. The fourth-order valence-corrected chi connectivity index (χ4v) is 3.54. The lowest BCUT2D eigenvalue weighted by Gasteiger charge is -2.26. The lowest BCUT2D eigenvalue weighted by atomic mass is 10.2. The lowest BCUT2D eigenvalue weighted by Crippen LogP contribution is -2.32. The van der Waals surface area contributed by atoms with Crippen molar-refractivity contribution < 1.29 is 13.2 Å². The van der Waals surface area contributed by atoms with Crippen LogP contribution in [0, 0.1) is 0 Å². The average molecular weight is 308 g/mol. The lowest BCUT2D eigenvalue weighted by molar-refractivity contribution is 0.226. The van der Waals surface area contributed by atoms with Gasteiger partial charge in [-0.05, 0) is 25.1 Å². The summed E-state index contributed by atoms with van der Waals surface area (Å²) in [6.45, 7) is 10.3. The molecule has 0 spiro atoms. The molecule has 114 valence electrons. The first kappa shape index (κ1) is 15.6. The second kappa shape index (κ2) is 6.32. The van der Waals surface area contributed by atoms with Gasteiger partial charge in [0.25, 0.3) is 0 Å². The summed E-state index contributed by atoms with van der Waals surface area (Å²) < 4.78 is 32.2. The highest BCUT2D eigenvalue weighted by molar-refractivity contribution is 7.89. The molecule has 0 aromatic heterocycles. The van der Waals surface area contributed by atoms with Crippen molar-refractivity contribution in [2.45, 2.75) is 17.9 Å². The number of fused-ring (bicyclic) bond motifs is 1. The molecule has 0 saturated heterocycles. The third-order valence-corrected chi connectivity index (χ3v) is 4.99. The van der Waals surface area contributed by atoms with Gasteiger partial charge in [-0.25, -0.2) is 8.42 Å². The molecule has 1 aliphatic rings. The summed E-state index contributed by atoms with van der Waals surface area (Å²) in [5.41, 5.74) is 0.700. The molecule has 1 aliphatic heterocycles. The van der Waals surface area contributed by atoms with Crippen molar-refractivity contribution in [1.29, 1.82) is 0 Å². The number of nitrogens with zero attached hydrogens (tertiary/aromatic N) is 1. The van der Waals surface area contributed by atoms with Crippen LogP contribution in [0.5, 0.6) is 5.75 Å². The molecule has 1 unspecified atom stereocenters. The second-order valence-electron chi connectivity index (χ2n) is 4.87. The highest BCUT2D eigenvalue weighted by atomic mass is 32.2. The molecule has 0 fully saturated rings. The van der Waals surface area contributed by atoms with Crippen molar-refractivity contribution in [1.82, 2.24) is 4.31 Å². The van der Waals surface area contributed by atoms with Gasteiger partial charge in [-0.3, -0.25) is 0 Å². The van der Waals surface area contributed by atoms with Gasteiger partial charge in [0.2, 0.25) is 10.0 Å². The van der Waals surface area contributed by atoms with Crippen molar-refractivity contribution in [2.75, 3.05) is 25.0 Å². The predicted octanol–water partition coefficient (Wildman–Crippen LogP) is 2.24. The summed E-state index contributed by atoms with van der Waals surface area (Å²) >= 11 is 0. The van der Waals surface area contributed by atoms with E-state index < -0.39 is 10.0 Å². The standard InChI is InChI=1S/C15H20N2O3S/c1-4-8-17(9-5-2)21(18,19)13-6-7-15-14(10-13)16-11-12(3)20-15/h4-7,10,12,16H,1-2,8-9,11H2,3H3. The Labute approximate surface area is 126 Å². The van der Waals surface area contributed by atoms with E-state index in [1.165, 1.54) is 4.31 Å². The smallest absolute Gasteiger partial charge is 0.243 e. The van der Waals surface area contributed by atoms with Crippen LogP contribution in [0.1, 0.15) is 6.92 Å². The number of hydrogen-bond donors (Lipinski definition) is 1. The Bertz CT molecular complexity index is 630. The van der Waals surface area contributed by atoms with Gasteiger partial charge in [0.15, 0.2) is 0 Å². The zero-order valence-corrected chi connectivity index (χ0v) is 12.9. The molecule has 1 atom stereocenters. The van der Waals surface area contributed by atoms with Crippen LogP contribution in [0.2, 0.25) is 0 Å². The molecule has 2 rings (SSSR count). The van der Waals surface area contributed by atoms with Crippen molar-refractivity contribution in [3.63, 3.8) is 0 Å². The Morgan fingerprint density at radius 1 is 1.38 bits per heavy atom. The van der Waals surface area contributed by atoms with Crippen LogP contribution in [-0.2, 0) is 10.0 Å². The molecule has 1 heterocycles. The van der Waals surface area contributed by atoms with Crippen LogP contribution in [0.4, 0.5) is 5.69 Å². The van der Waals surface area contributed by atoms with E-state index in [1.54, 1.807) is 30.4 Å². The summed E-state index contributed by atoms with van der Waals surface area (Å²) in [6.07, 6.45) is 3.18. The van der Waals surface area contributed by atoms with Crippen LogP contribution in [-0.4, -0.2) is 38.5 Å². The fraction of sp³-hybridized carbons (Fsp3) is 0.333. The van der Waals surface area contributed by atoms with Gasteiger partial charge in [0.05, 0.1) is 17.1 Å². The molecule has 0 saturated carbocycles. The molecule has 1 N–H and O–H groups in total. The highest BCUT2D eigenvalue weighted by Gasteiger charge is 2.25. The molecule has 0 aliphatic carbocycles. The van der Waals surface area contributed by atoms with Gasteiger partial charge in [0, 0.05) is 13.1 Å². The fourth-order valence-electron chi connectivity index (χ4n) is 2.13. The Hall–Kier alpha value is -1.79. The Morgan fingerprint density at radius 2 is 2.05 bits per heavy atom. The first-order valence-corrected chi connectivity index (χ1v) is 8.19. The van der Waals surface area contributed by atoms with Gasteiger partial charge in [-0.15, -0.1) is 13.2 Å². The predicted molar refractivity (Wildman–Crippen MR) is 84.2 cm³/mol. The SMILES string of the molecule is C=CCN(CC=C)S(=O)(=O)c1ccc2c(c1)NCC(C)O2. The van der Waals surface area contributed by atoms with E-state index in [2.05, 4.69) is 18.5 Å². The summed E-state index contributed by atoms with van der Waals surface area (Å²) in [4.78, 5) is 0.232. The number of anilines is 1. The van der Waals surface area contributed by atoms with Crippen LogP contribution in [0.3, 0.4) is 0 Å². The maximum absolute atomic E-state index is 12.6. The van der Waals surface area contributed by atoms with E-state index in [1.807, 2.05) is 6.92 Å². The van der Waals surface area contributed by atoms with E-state index in [-0.39, 0.29) is 24.1 Å². The van der Waals surface area contributed by atoms with Crippen molar-refractivity contribution in [2.24, 2.45) is 0 Å². The molecule has 0 radical (unpaired) electrons. The molecule has 21 heavy (non-hydrogen) atoms. The van der Waals surface area contributed by atoms with Crippen LogP contribution in [0.25, 0.3) is 0 Å². The normalized spacial score (nSPS) is 17.5. The number of hydrogen-bond acceptors (Lipinski definition) is 4. The highest BCUT2D eigenvalue weighted by Crippen LogP contribution is 2.32. The van der Waals surface area contributed by atoms with Gasteiger partial charge < -0.3 is 10.1 Å². The number of rotatable bonds is 6. The monoisotopic (exact) mass is 308 g/mol. The van der Waals surface area contributed by atoms with Crippen molar-refractivity contribution in [3.05, 3.63) is 43.5 Å². The molecular formula is C15H20N2O3S. The first-order chi connectivity index (χ1) is 9.98. The van der Waals surface area contributed by atoms with E-state index in [9.17, 15) is 8.42 Å². The van der Waals surface area contributed by atoms with Crippen molar-refractivity contribution in [3.8, 4) is 5.75 Å². The van der Waals surface area contributed by atoms with Crippen LogP contribution < -0.4 is 10.1 Å². The number of sulfonamides is 1. The van der Waals surface area contributed by atoms with Crippen LogP contribution >= 0.6 is 0 Å².